The van der Waals surface area contributed by atoms with Gasteiger partial charge in [-0.3, -0.25) is 0 Å². The summed E-state index contributed by atoms with van der Waals surface area (Å²) in [6, 6.07) is 8.48. The van der Waals surface area contributed by atoms with E-state index in [0.717, 1.165) is 13.0 Å². The van der Waals surface area contributed by atoms with Gasteiger partial charge in [0, 0.05) is 13.1 Å². The highest BCUT2D eigenvalue weighted by atomic mass is 15.0. The zero-order valence-corrected chi connectivity index (χ0v) is 8.46. The molecule has 0 saturated carbocycles. The van der Waals surface area contributed by atoms with E-state index in [4.69, 9.17) is 5.73 Å². The van der Waals surface area contributed by atoms with Gasteiger partial charge < -0.3 is 10.6 Å². The fraction of sp³-hybridized carbons (Fsp3) is 0.455. The summed E-state index contributed by atoms with van der Waals surface area (Å²) in [6.45, 7) is 1.73. The number of rotatable bonds is 4. The van der Waals surface area contributed by atoms with Gasteiger partial charge in [0.1, 0.15) is 0 Å². The van der Waals surface area contributed by atoms with E-state index in [-0.39, 0.29) is 0 Å². The highest BCUT2D eigenvalue weighted by molar-refractivity contribution is 5.23. The molecule has 0 amide bonds. The maximum atomic E-state index is 5.56. The van der Waals surface area contributed by atoms with Gasteiger partial charge in [0.15, 0.2) is 0 Å². The van der Waals surface area contributed by atoms with Gasteiger partial charge in [-0.25, -0.2) is 0 Å². The molecule has 0 radical (unpaired) electrons. The highest BCUT2D eigenvalue weighted by Gasteiger charge is 1.95. The second-order valence-corrected chi connectivity index (χ2v) is 3.58. The monoisotopic (exact) mass is 178 g/mol. The van der Waals surface area contributed by atoms with Gasteiger partial charge in [-0.15, -0.1) is 0 Å². The summed E-state index contributed by atoms with van der Waals surface area (Å²) >= 11 is 0. The van der Waals surface area contributed by atoms with Crippen molar-refractivity contribution < 1.29 is 0 Å². The minimum Gasteiger partial charge on any atom is -0.326 e. The Bertz CT molecular complexity index is 256. The summed E-state index contributed by atoms with van der Waals surface area (Å²) in [6.07, 6.45) is 1.10. The molecule has 0 aliphatic carbocycles. The SMILES string of the molecule is CN(C)CCc1cccc(CN)c1. The maximum Gasteiger partial charge on any atom is 0.0178 e. The summed E-state index contributed by atoms with van der Waals surface area (Å²) in [5.41, 5.74) is 8.15. The first-order valence-corrected chi connectivity index (χ1v) is 4.65. The maximum absolute atomic E-state index is 5.56. The van der Waals surface area contributed by atoms with Crippen LogP contribution in [-0.2, 0) is 13.0 Å². The smallest absolute Gasteiger partial charge is 0.0178 e. The zero-order valence-electron chi connectivity index (χ0n) is 8.46. The summed E-state index contributed by atoms with van der Waals surface area (Å²) in [5.74, 6) is 0. The van der Waals surface area contributed by atoms with Crippen LogP contribution in [0.5, 0.6) is 0 Å². The Morgan fingerprint density at radius 1 is 1.23 bits per heavy atom. The van der Waals surface area contributed by atoms with Crippen LogP contribution in [0, 0.1) is 0 Å². The van der Waals surface area contributed by atoms with Crippen LogP contribution in [0.2, 0.25) is 0 Å². The Morgan fingerprint density at radius 2 is 1.92 bits per heavy atom. The van der Waals surface area contributed by atoms with Crippen molar-refractivity contribution >= 4 is 0 Å². The number of likely N-dealkylation sites (N-methyl/N-ethyl adjacent to an activating group) is 1. The fourth-order valence-corrected chi connectivity index (χ4v) is 1.26. The van der Waals surface area contributed by atoms with E-state index in [1.165, 1.54) is 11.1 Å². The lowest BCUT2D eigenvalue weighted by Gasteiger charge is -2.09. The average molecular weight is 178 g/mol. The summed E-state index contributed by atoms with van der Waals surface area (Å²) in [4.78, 5) is 2.19. The lowest BCUT2D eigenvalue weighted by atomic mass is 10.1. The lowest BCUT2D eigenvalue weighted by Crippen LogP contribution is -2.15. The first-order chi connectivity index (χ1) is 6.22. The van der Waals surface area contributed by atoms with Crippen molar-refractivity contribution in [1.82, 2.24) is 4.90 Å². The molecule has 1 aromatic rings. The number of hydrogen-bond acceptors (Lipinski definition) is 2. The highest BCUT2D eigenvalue weighted by Crippen LogP contribution is 2.05. The van der Waals surface area contributed by atoms with Crippen molar-refractivity contribution in [1.29, 1.82) is 0 Å². The van der Waals surface area contributed by atoms with E-state index >= 15 is 0 Å². The molecule has 1 rings (SSSR count). The standard InChI is InChI=1S/C11H18N2/c1-13(2)7-6-10-4-3-5-11(8-10)9-12/h3-5,8H,6-7,9,12H2,1-2H3. The van der Waals surface area contributed by atoms with Crippen LogP contribution in [0.15, 0.2) is 24.3 Å². The normalized spacial score (nSPS) is 10.8. The second kappa shape index (κ2) is 5.00. The molecule has 13 heavy (non-hydrogen) atoms. The molecule has 72 valence electrons. The quantitative estimate of drug-likeness (QED) is 0.752. The summed E-state index contributed by atoms with van der Waals surface area (Å²) in [5, 5.41) is 0. The Kier molecular flexibility index (Phi) is 3.93. The van der Waals surface area contributed by atoms with Crippen molar-refractivity contribution in [2.75, 3.05) is 20.6 Å². The number of hydrogen-bond donors (Lipinski definition) is 1. The Morgan fingerprint density at radius 3 is 2.54 bits per heavy atom. The lowest BCUT2D eigenvalue weighted by molar-refractivity contribution is 0.413. The predicted molar refractivity (Wildman–Crippen MR) is 56.6 cm³/mol. The van der Waals surface area contributed by atoms with Crippen LogP contribution in [0.25, 0.3) is 0 Å². The molecular weight excluding hydrogens is 160 g/mol. The molecule has 0 fully saturated rings. The van der Waals surface area contributed by atoms with Crippen LogP contribution >= 0.6 is 0 Å². The molecule has 2 N–H and O–H groups in total. The molecule has 0 spiro atoms. The molecule has 0 aliphatic heterocycles. The third kappa shape index (κ3) is 3.57. The molecule has 0 heterocycles. The Hall–Kier alpha value is -0.860. The van der Waals surface area contributed by atoms with Crippen molar-refractivity contribution in [3.05, 3.63) is 35.4 Å². The molecule has 1 aromatic carbocycles. The number of nitrogens with zero attached hydrogens (tertiary/aromatic N) is 1. The molecule has 2 nitrogen and oxygen atoms in total. The van der Waals surface area contributed by atoms with Crippen molar-refractivity contribution in [3.63, 3.8) is 0 Å². The zero-order chi connectivity index (χ0) is 9.68. The van der Waals surface area contributed by atoms with Gasteiger partial charge in [-0.1, -0.05) is 24.3 Å². The van der Waals surface area contributed by atoms with Crippen LogP contribution in [-0.4, -0.2) is 25.5 Å². The third-order valence-corrected chi connectivity index (χ3v) is 2.07. The first kappa shape index (κ1) is 10.2. The molecule has 0 atom stereocenters. The van der Waals surface area contributed by atoms with Gasteiger partial charge in [0.25, 0.3) is 0 Å². The molecule has 0 aromatic heterocycles. The van der Waals surface area contributed by atoms with Crippen LogP contribution in [0.1, 0.15) is 11.1 Å². The van der Waals surface area contributed by atoms with Crippen LogP contribution in [0.4, 0.5) is 0 Å². The largest absolute Gasteiger partial charge is 0.326 e. The van der Waals surface area contributed by atoms with Gasteiger partial charge in [-0.2, -0.15) is 0 Å². The second-order valence-electron chi connectivity index (χ2n) is 3.58. The van der Waals surface area contributed by atoms with Gasteiger partial charge in [0.2, 0.25) is 0 Å². The molecule has 0 bridgehead atoms. The van der Waals surface area contributed by atoms with E-state index in [1.807, 2.05) is 0 Å². The predicted octanol–water partition coefficient (Wildman–Crippen LogP) is 1.25. The number of benzene rings is 1. The minimum absolute atomic E-state index is 0.635. The van der Waals surface area contributed by atoms with Gasteiger partial charge in [0.05, 0.1) is 0 Å². The Balaban J connectivity index is 2.56. The van der Waals surface area contributed by atoms with Crippen molar-refractivity contribution in [3.8, 4) is 0 Å². The van der Waals surface area contributed by atoms with Crippen LogP contribution in [0.3, 0.4) is 0 Å². The van der Waals surface area contributed by atoms with E-state index in [1.54, 1.807) is 0 Å². The molecule has 0 saturated heterocycles. The number of nitrogens with two attached hydrogens (primary N) is 1. The van der Waals surface area contributed by atoms with Gasteiger partial charge >= 0.3 is 0 Å². The van der Waals surface area contributed by atoms with E-state index in [2.05, 4.69) is 43.3 Å². The van der Waals surface area contributed by atoms with Gasteiger partial charge in [-0.05, 0) is 31.6 Å². The third-order valence-electron chi connectivity index (χ3n) is 2.07. The van der Waals surface area contributed by atoms with Crippen LogP contribution < -0.4 is 5.73 Å². The fourth-order valence-electron chi connectivity index (χ4n) is 1.26. The molecular formula is C11H18N2. The molecule has 0 unspecified atom stereocenters. The van der Waals surface area contributed by atoms with E-state index in [9.17, 15) is 0 Å². The molecule has 0 aliphatic rings. The topological polar surface area (TPSA) is 29.3 Å². The first-order valence-electron chi connectivity index (χ1n) is 4.65. The van der Waals surface area contributed by atoms with E-state index < -0.39 is 0 Å². The summed E-state index contributed by atoms with van der Waals surface area (Å²) < 4.78 is 0. The minimum atomic E-state index is 0.635. The summed E-state index contributed by atoms with van der Waals surface area (Å²) in [7, 11) is 4.18. The van der Waals surface area contributed by atoms with Crippen molar-refractivity contribution in [2.45, 2.75) is 13.0 Å². The average Bonchev–Trinajstić information content (AvgIpc) is 2.15. The van der Waals surface area contributed by atoms with Crippen molar-refractivity contribution in [2.24, 2.45) is 5.73 Å². The van der Waals surface area contributed by atoms with E-state index in [0.29, 0.717) is 6.54 Å². The molecule has 2 heteroatoms. The Labute approximate surface area is 80.4 Å².